The van der Waals surface area contributed by atoms with Crippen LogP contribution in [-0.2, 0) is 12.8 Å². The van der Waals surface area contributed by atoms with Crippen LogP contribution in [0, 0.1) is 42.0 Å². The Morgan fingerprint density at radius 3 is 2.10 bits per heavy atom. The molecule has 0 saturated carbocycles. The van der Waals surface area contributed by atoms with Crippen molar-refractivity contribution in [3.8, 4) is 11.8 Å². The van der Waals surface area contributed by atoms with Gasteiger partial charge in [-0.1, -0.05) is 24.1 Å². The third-order valence-corrected chi connectivity index (χ3v) is 4.37. The summed E-state index contributed by atoms with van der Waals surface area (Å²) in [5, 5.41) is 0.00855. The summed E-state index contributed by atoms with van der Waals surface area (Å²) < 4.78 is 93.0. The second kappa shape index (κ2) is 7.78. The predicted molar refractivity (Wildman–Crippen MR) is 95.3 cm³/mol. The Morgan fingerprint density at radius 2 is 1.48 bits per heavy atom. The molecular weight excluding hydrogens is 397 g/mol. The lowest BCUT2D eigenvalue weighted by atomic mass is 9.98. The van der Waals surface area contributed by atoms with E-state index in [0.29, 0.717) is 11.1 Å². The molecule has 150 valence electrons. The molecule has 0 bridgehead atoms. The Morgan fingerprint density at radius 1 is 0.828 bits per heavy atom. The van der Waals surface area contributed by atoms with E-state index in [1.807, 2.05) is 0 Å². The molecular formula is C22H13F7. The van der Waals surface area contributed by atoms with Crippen LogP contribution in [0.25, 0.3) is 10.8 Å². The van der Waals surface area contributed by atoms with E-state index in [2.05, 4.69) is 0 Å². The SMILES string of the molecule is Cc1cc(F)c(CCc2ccc3c(F)c(C#CC(F)(F)F)c(F)cc3c2)c(F)c1. The van der Waals surface area contributed by atoms with E-state index in [4.69, 9.17) is 0 Å². The van der Waals surface area contributed by atoms with E-state index < -0.39 is 35.0 Å². The van der Waals surface area contributed by atoms with Gasteiger partial charge in [-0.3, -0.25) is 0 Å². The van der Waals surface area contributed by atoms with Gasteiger partial charge in [-0.25, -0.2) is 17.6 Å². The molecule has 0 N–H and O–H groups in total. The average molecular weight is 410 g/mol. The van der Waals surface area contributed by atoms with E-state index in [9.17, 15) is 30.7 Å². The number of halogens is 7. The van der Waals surface area contributed by atoms with Gasteiger partial charge in [-0.15, -0.1) is 0 Å². The van der Waals surface area contributed by atoms with Gasteiger partial charge in [-0.2, -0.15) is 13.2 Å². The lowest BCUT2D eigenvalue weighted by Crippen LogP contribution is -2.03. The zero-order chi connectivity index (χ0) is 21.3. The first-order valence-electron chi connectivity index (χ1n) is 8.50. The zero-order valence-electron chi connectivity index (χ0n) is 15.0. The summed E-state index contributed by atoms with van der Waals surface area (Å²) in [7, 11) is 0. The van der Waals surface area contributed by atoms with Gasteiger partial charge in [0.05, 0.1) is 5.56 Å². The molecule has 3 aromatic rings. The monoisotopic (exact) mass is 410 g/mol. The maximum absolute atomic E-state index is 14.4. The highest BCUT2D eigenvalue weighted by atomic mass is 19.4. The van der Waals surface area contributed by atoms with E-state index in [1.165, 1.54) is 36.3 Å². The van der Waals surface area contributed by atoms with Crippen molar-refractivity contribution in [1.82, 2.24) is 0 Å². The number of hydrogen-bond acceptors (Lipinski definition) is 0. The third-order valence-electron chi connectivity index (χ3n) is 4.37. The van der Waals surface area contributed by atoms with Gasteiger partial charge in [0.1, 0.15) is 23.3 Å². The summed E-state index contributed by atoms with van der Waals surface area (Å²) >= 11 is 0. The predicted octanol–water partition coefficient (Wildman–Crippen LogP) is 6.40. The molecule has 0 aliphatic rings. The molecule has 0 nitrogen and oxygen atoms in total. The van der Waals surface area contributed by atoms with Crippen molar-refractivity contribution in [1.29, 1.82) is 0 Å². The van der Waals surface area contributed by atoms with Crippen LogP contribution >= 0.6 is 0 Å². The summed E-state index contributed by atoms with van der Waals surface area (Å²) in [4.78, 5) is 0. The minimum absolute atomic E-state index is 0.0313. The molecule has 7 heteroatoms. The molecule has 0 aliphatic heterocycles. The number of rotatable bonds is 3. The van der Waals surface area contributed by atoms with E-state index >= 15 is 0 Å². The molecule has 3 aromatic carbocycles. The fraction of sp³-hybridized carbons (Fsp3) is 0.182. The van der Waals surface area contributed by atoms with Crippen LogP contribution in [0.2, 0.25) is 0 Å². The Balaban J connectivity index is 1.92. The molecule has 0 aromatic heterocycles. The molecule has 3 rings (SSSR count). The van der Waals surface area contributed by atoms with Crippen molar-refractivity contribution in [2.45, 2.75) is 25.9 Å². The van der Waals surface area contributed by atoms with Gasteiger partial charge >= 0.3 is 6.18 Å². The van der Waals surface area contributed by atoms with Gasteiger partial charge in [0.2, 0.25) is 0 Å². The van der Waals surface area contributed by atoms with Crippen molar-refractivity contribution in [3.63, 3.8) is 0 Å². The van der Waals surface area contributed by atoms with E-state index in [1.54, 1.807) is 6.92 Å². The quantitative estimate of drug-likeness (QED) is 0.346. The molecule has 0 spiro atoms. The number of hydrogen-bond donors (Lipinski definition) is 0. The normalized spacial score (nSPS) is 11.4. The van der Waals surface area contributed by atoms with E-state index in [-0.39, 0.29) is 29.2 Å². The maximum atomic E-state index is 14.4. The number of benzene rings is 3. The van der Waals surface area contributed by atoms with Crippen LogP contribution in [0.3, 0.4) is 0 Å². The van der Waals surface area contributed by atoms with Crippen LogP contribution in [-0.4, -0.2) is 6.18 Å². The zero-order valence-corrected chi connectivity index (χ0v) is 15.0. The second-order valence-corrected chi connectivity index (χ2v) is 6.56. The summed E-state index contributed by atoms with van der Waals surface area (Å²) in [6.45, 7) is 1.57. The van der Waals surface area contributed by atoms with Crippen LogP contribution in [0.4, 0.5) is 30.7 Å². The summed E-state index contributed by atoms with van der Waals surface area (Å²) in [6, 6.07) is 7.48. The Hall–Kier alpha value is -3.01. The van der Waals surface area contributed by atoms with Crippen LogP contribution in [0.15, 0.2) is 36.4 Å². The Labute approximate surface area is 162 Å². The van der Waals surface area contributed by atoms with Gasteiger partial charge in [0.15, 0.2) is 0 Å². The first-order valence-corrected chi connectivity index (χ1v) is 8.50. The third kappa shape index (κ3) is 4.70. The highest BCUT2D eigenvalue weighted by Crippen LogP contribution is 2.26. The Kier molecular flexibility index (Phi) is 5.56. The Bertz CT molecular complexity index is 1120. The van der Waals surface area contributed by atoms with E-state index in [0.717, 1.165) is 12.0 Å². The minimum Gasteiger partial charge on any atom is -0.207 e. The maximum Gasteiger partial charge on any atom is 0.458 e. The van der Waals surface area contributed by atoms with Crippen molar-refractivity contribution in [2.24, 2.45) is 0 Å². The van der Waals surface area contributed by atoms with Gasteiger partial charge < -0.3 is 0 Å². The molecule has 0 fully saturated rings. The number of fused-ring (bicyclic) bond motifs is 1. The molecule has 29 heavy (non-hydrogen) atoms. The number of aryl methyl sites for hydroxylation is 2. The standard InChI is InChI=1S/C22H13F7/c1-12-8-18(23)16(19(24)9-12)5-3-13-2-4-15-14(10-13)11-20(25)17(21(15)26)6-7-22(27,28)29/h2,4,8-11H,3,5H2,1H3. The smallest absolute Gasteiger partial charge is 0.207 e. The van der Waals surface area contributed by atoms with Crippen molar-refractivity contribution in [3.05, 3.63) is 81.9 Å². The lowest BCUT2D eigenvalue weighted by molar-refractivity contribution is -0.0696. The summed E-state index contributed by atoms with van der Waals surface area (Å²) in [5.41, 5.74) is -0.0492. The molecule has 0 aliphatic carbocycles. The van der Waals surface area contributed by atoms with Crippen molar-refractivity contribution in [2.75, 3.05) is 0 Å². The van der Waals surface area contributed by atoms with Gasteiger partial charge in [0.25, 0.3) is 0 Å². The van der Waals surface area contributed by atoms with Gasteiger partial charge in [0, 0.05) is 16.9 Å². The largest absolute Gasteiger partial charge is 0.458 e. The second-order valence-electron chi connectivity index (χ2n) is 6.56. The first kappa shape index (κ1) is 20.7. The summed E-state index contributed by atoms with van der Waals surface area (Å²) in [6.07, 6.45) is -4.65. The molecule has 0 radical (unpaired) electrons. The number of alkyl halides is 3. The van der Waals surface area contributed by atoms with Crippen LogP contribution in [0.5, 0.6) is 0 Å². The fourth-order valence-electron chi connectivity index (χ4n) is 3.02. The lowest BCUT2D eigenvalue weighted by Gasteiger charge is -2.09. The molecule has 0 atom stereocenters. The highest BCUT2D eigenvalue weighted by molar-refractivity contribution is 5.85. The molecule has 0 heterocycles. The van der Waals surface area contributed by atoms with Crippen LogP contribution in [0.1, 0.15) is 22.3 Å². The van der Waals surface area contributed by atoms with Crippen molar-refractivity contribution < 1.29 is 30.7 Å². The summed E-state index contributed by atoms with van der Waals surface area (Å²) in [5.74, 6) is -1.43. The highest BCUT2D eigenvalue weighted by Gasteiger charge is 2.24. The molecule has 0 saturated heterocycles. The topological polar surface area (TPSA) is 0 Å². The molecule has 0 amide bonds. The average Bonchev–Trinajstić information content (AvgIpc) is 2.59. The van der Waals surface area contributed by atoms with Crippen LogP contribution < -0.4 is 0 Å². The minimum atomic E-state index is -4.88. The van der Waals surface area contributed by atoms with Gasteiger partial charge in [-0.05, 0) is 54.5 Å². The molecule has 0 unspecified atom stereocenters. The fourth-order valence-corrected chi connectivity index (χ4v) is 3.02. The van der Waals surface area contributed by atoms with Crippen molar-refractivity contribution >= 4 is 10.8 Å². The first-order chi connectivity index (χ1) is 13.5.